The number of carbonyl (C=O) groups is 2. The van der Waals surface area contributed by atoms with Gasteiger partial charge in [0.05, 0.1) is 19.1 Å². The fourth-order valence-corrected chi connectivity index (χ4v) is 2.75. The van der Waals surface area contributed by atoms with Crippen LogP contribution in [-0.4, -0.2) is 62.8 Å². The van der Waals surface area contributed by atoms with Crippen molar-refractivity contribution in [3.63, 3.8) is 0 Å². The highest BCUT2D eigenvalue weighted by Gasteiger charge is 2.31. The van der Waals surface area contributed by atoms with E-state index in [4.69, 9.17) is 4.74 Å². The molecule has 0 aliphatic carbocycles. The minimum atomic E-state index is -0.414. The van der Waals surface area contributed by atoms with E-state index in [0.29, 0.717) is 26.2 Å². The molecule has 1 fully saturated rings. The molecule has 8 heteroatoms. The molecule has 1 atom stereocenters. The van der Waals surface area contributed by atoms with Crippen molar-refractivity contribution in [3.05, 3.63) is 11.6 Å². The van der Waals surface area contributed by atoms with Gasteiger partial charge in [0, 0.05) is 6.54 Å². The van der Waals surface area contributed by atoms with Gasteiger partial charge in [0.2, 0.25) is 5.91 Å². The normalized spacial score (nSPS) is 21.9. The van der Waals surface area contributed by atoms with Crippen LogP contribution in [0, 0.1) is 6.92 Å². The van der Waals surface area contributed by atoms with E-state index in [2.05, 4.69) is 10.2 Å². The standard InChI is InChI=1S/C12H17N5O3/c1-8-5-16(6-10-14-13-9(2)17(8)10)11(18)7-15-3-4-20-12(15)19/h8H,3-7H2,1-2H3/t8-/m1/s1. The third-order valence-corrected chi connectivity index (χ3v) is 3.72. The van der Waals surface area contributed by atoms with Gasteiger partial charge >= 0.3 is 6.09 Å². The van der Waals surface area contributed by atoms with Crippen LogP contribution in [0.5, 0.6) is 0 Å². The van der Waals surface area contributed by atoms with E-state index in [9.17, 15) is 9.59 Å². The Morgan fingerprint density at radius 1 is 1.45 bits per heavy atom. The summed E-state index contributed by atoms with van der Waals surface area (Å²) >= 11 is 0. The predicted molar refractivity (Wildman–Crippen MR) is 67.8 cm³/mol. The number of hydrogen-bond acceptors (Lipinski definition) is 5. The molecular weight excluding hydrogens is 262 g/mol. The molecule has 3 heterocycles. The molecule has 1 aromatic rings. The predicted octanol–water partition coefficient (Wildman–Crippen LogP) is -0.0581. The highest BCUT2D eigenvalue weighted by atomic mass is 16.6. The summed E-state index contributed by atoms with van der Waals surface area (Å²) in [6.07, 6.45) is -0.414. The topological polar surface area (TPSA) is 80.6 Å². The van der Waals surface area contributed by atoms with Crippen LogP contribution >= 0.6 is 0 Å². The first-order valence-electron chi connectivity index (χ1n) is 6.66. The molecule has 2 aliphatic rings. The van der Waals surface area contributed by atoms with E-state index in [1.54, 1.807) is 4.90 Å². The van der Waals surface area contributed by atoms with Gasteiger partial charge in [-0.05, 0) is 13.8 Å². The zero-order chi connectivity index (χ0) is 14.3. The lowest BCUT2D eigenvalue weighted by Gasteiger charge is -2.33. The first-order chi connectivity index (χ1) is 9.56. The molecule has 0 saturated carbocycles. The van der Waals surface area contributed by atoms with E-state index in [1.165, 1.54) is 4.90 Å². The molecule has 2 amide bonds. The Morgan fingerprint density at radius 2 is 2.25 bits per heavy atom. The van der Waals surface area contributed by atoms with Crippen LogP contribution in [0.1, 0.15) is 24.6 Å². The van der Waals surface area contributed by atoms with Gasteiger partial charge in [-0.25, -0.2) is 4.79 Å². The number of ether oxygens (including phenoxy) is 1. The molecule has 1 saturated heterocycles. The highest BCUT2D eigenvalue weighted by Crippen LogP contribution is 2.21. The van der Waals surface area contributed by atoms with Gasteiger partial charge in [0.25, 0.3) is 0 Å². The maximum atomic E-state index is 12.3. The number of aryl methyl sites for hydroxylation is 1. The second-order valence-corrected chi connectivity index (χ2v) is 5.19. The quantitative estimate of drug-likeness (QED) is 0.757. The van der Waals surface area contributed by atoms with Crippen molar-refractivity contribution >= 4 is 12.0 Å². The number of cyclic esters (lactones) is 1. The molecular formula is C12H17N5O3. The Bertz CT molecular complexity index is 555. The number of nitrogens with zero attached hydrogens (tertiary/aromatic N) is 5. The molecule has 8 nitrogen and oxygen atoms in total. The van der Waals surface area contributed by atoms with Crippen LogP contribution in [0.15, 0.2) is 0 Å². The fraction of sp³-hybridized carbons (Fsp3) is 0.667. The SMILES string of the molecule is Cc1nnc2n1[C@H](C)CN(C(=O)CN1CCOC1=O)C2. The Balaban J connectivity index is 1.70. The highest BCUT2D eigenvalue weighted by molar-refractivity contribution is 5.83. The summed E-state index contributed by atoms with van der Waals surface area (Å²) in [6, 6.07) is 0.142. The van der Waals surface area contributed by atoms with E-state index in [0.717, 1.165) is 11.6 Å². The molecule has 0 radical (unpaired) electrons. The third kappa shape index (κ3) is 2.10. The molecule has 0 unspecified atom stereocenters. The number of fused-ring (bicyclic) bond motifs is 1. The minimum absolute atomic E-state index is 0.0681. The average molecular weight is 279 g/mol. The minimum Gasteiger partial charge on any atom is -0.448 e. The van der Waals surface area contributed by atoms with Crippen molar-refractivity contribution in [3.8, 4) is 0 Å². The summed E-state index contributed by atoms with van der Waals surface area (Å²) in [5, 5.41) is 8.15. The third-order valence-electron chi connectivity index (χ3n) is 3.72. The zero-order valence-corrected chi connectivity index (χ0v) is 11.6. The van der Waals surface area contributed by atoms with E-state index in [1.807, 2.05) is 18.4 Å². The molecule has 0 aromatic carbocycles. The summed E-state index contributed by atoms with van der Waals surface area (Å²) in [7, 11) is 0. The lowest BCUT2D eigenvalue weighted by Crippen LogP contribution is -2.45. The second kappa shape index (κ2) is 4.77. The Morgan fingerprint density at radius 3 is 2.95 bits per heavy atom. The number of rotatable bonds is 2. The van der Waals surface area contributed by atoms with Gasteiger partial charge in [0.1, 0.15) is 19.0 Å². The summed E-state index contributed by atoms with van der Waals surface area (Å²) in [6.45, 7) is 5.88. The molecule has 0 N–H and O–H groups in total. The average Bonchev–Trinajstić information content (AvgIpc) is 2.97. The smallest absolute Gasteiger partial charge is 0.410 e. The molecule has 3 rings (SSSR count). The van der Waals surface area contributed by atoms with Crippen LogP contribution in [0.2, 0.25) is 0 Å². The number of hydrogen-bond donors (Lipinski definition) is 0. The summed E-state index contributed by atoms with van der Waals surface area (Å²) < 4.78 is 6.87. The van der Waals surface area contributed by atoms with Crippen molar-refractivity contribution in [2.45, 2.75) is 26.4 Å². The Hall–Kier alpha value is -2.12. The zero-order valence-electron chi connectivity index (χ0n) is 11.6. The van der Waals surface area contributed by atoms with E-state index < -0.39 is 6.09 Å². The number of amides is 2. The molecule has 0 bridgehead atoms. The number of carbonyl (C=O) groups excluding carboxylic acids is 2. The number of aromatic nitrogens is 3. The maximum absolute atomic E-state index is 12.3. The molecule has 0 spiro atoms. The first kappa shape index (κ1) is 12.9. The van der Waals surface area contributed by atoms with Crippen molar-refractivity contribution < 1.29 is 14.3 Å². The van der Waals surface area contributed by atoms with Gasteiger partial charge in [-0.2, -0.15) is 0 Å². The summed E-state index contributed by atoms with van der Waals surface area (Å²) in [5.41, 5.74) is 0. The van der Waals surface area contributed by atoms with Crippen LogP contribution in [0.25, 0.3) is 0 Å². The van der Waals surface area contributed by atoms with Gasteiger partial charge in [-0.3, -0.25) is 9.69 Å². The van der Waals surface area contributed by atoms with Gasteiger partial charge < -0.3 is 14.2 Å². The van der Waals surface area contributed by atoms with Crippen molar-refractivity contribution in [2.24, 2.45) is 0 Å². The largest absolute Gasteiger partial charge is 0.448 e. The first-order valence-corrected chi connectivity index (χ1v) is 6.66. The maximum Gasteiger partial charge on any atom is 0.410 e. The lowest BCUT2D eigenvalue weighted by atomic mass is 10.2. The van der Waals surface area contributed by atoms with Gasteiger partial charge in [-0.15, -0.1) is 10.2 Å². The van der Waals surface area contributed by atoms with Crippen LogP contribution in [0.3, 0.4) is 0 Å². The van der Waals surface area contributed by atoms with Crippen molar-refractivity contribution in [1.29, 1.82) is 0 Å². The fourth-order valence-electron chi connectivity index (χ4n) is 2.75. The van der Waals surface area contributed by atoms with Crippen molar-refractivity contribution in [2.75, 3.05) is 26.2 Å². The van der Waals surface area contributed by atoms with Gasteiger partial charge in [0.15, 0.2) is 5.82 Å². The van der Waals surface area contributed by atoms with Crippen LogP contribution in [0.4, 0.5) is 4.79 Å². The van der Waals surface area contributed by atoms with Crippen LogP contribution < -0.4 is 0 Å². The molecule has 108 valence electrons. The van der Waals surface area contributed by atoms with Gasteiger partial charge in [-0.1, -0.05) is 0 Å². The van der Waals surface area contributed by atoms with E-state index >= 15 is 0 Å². The molecule has 20 heavy (non-hydrogen) atoms. The monoisotopic (exact) mass is 279 g/mol. The molecule has 1 aromatic heterocycles. The van der Waals surface area contributed by atoms with Crippen LogP contribution in [-0.2, 0) is 16.1 Å². The second-order valence-electron chi connectivity index (χ2n) is 5.19. The summed E-state index contributed by atoms with van der Waals surface area (Å²) in [5.74, 6) is 1.57. The summed E-state index contributed by atoms with van der Waals surface area (Å²) in [4.78, 5) is 26.8. The molecule has 2 aliphatic heterocycles. The Kier molecular flexibility index (Phi) is 3.07. The van der Waals surface area contributed by atoms with Crippen molar-refractivity contribution in [1.82, 2.24) is 24.6 Å². The Labute approximate surface area is 116 Å². The lowest BCUT2D eigenvalue weighted by molar-refractivity contribution is -0.133. The van der Waals surface area contributed by atoms with E-state index in [-0.39, 0.29) is 18.5 Å².